The lowest BCUT2D eigenvalue weighted by atomic mass is 10.2. The Balaban J connectivity index is 2.19. The molecule has 0 unspecified atom stereocenters. The van der Waals surface area contributed by atoms with Crippen molar-refractivity contribution < 1.29 is 9.53 Å². The summed E-state index contributed by atoms with van der Waals surface area (Å²) in [7, 11) is 3.82. The highest BCUT2D eigenvalue weighted by Crippen LogP contribution is 2.26. The van der Waals surface area contributed by atoms with Gasteiger partial charge in [-0.3, -0.25) is 9.59 Å². The summed E-state index contributed by atoms with van der Waals surface area (Å²) < 4.78 is 5.25. The van der Waals surface area contributed by atoms with Gasteiger partial charge in [0.1, 0.15) is 10.7 Å². The number of aryl methyl sites for hydroxylation is 1. The van der Waals surface area contributed by atoms with Gasteiger partial charge in [-0.1, -0.05) is 0 Å². The van der Waals surface area contributed by atoms with Gasteiger partial charge in [0.25, 0.3) is 11.5 Å². The van der Waals surface area contributed by atoms with Crippen LogP contribution in [0.2, 0.25) is 0 Å². The Kier molecular flexibility index (Phi) is 6.47. The molecule has 2 heterocycles. The van der Waals surface area contributed by atoms with E-state index < -0.39 is 0 Å². The quantitative estimate of drug-likeness (QED) is 0.703. The number of hydrogen-bond donors (Lipinski definition) is 2. The Morgan fingerprint density at radius 1 is 1.42 bits per heavy atom. The molecule has 0 saturated carbocycles. The summed E-state index contributed by atoms with van der Waals surface area (Å²) >= 11 is 1.26. The van der Waals surface area contributed by atoms with E-state index in [1.165, 1.54) is 11.3 Å². The number of ether oxygens (including phenoxy) is 1. The molecule has 0 fully saturated rings. The second-order valence-electron chi connectivity index (χ2n) is 5.79. The second kappa shape index (κ2) is 8.36. The first-order chi connectivity index (χ1) is 11.4. The van der Waals surface area contributed by atoms with Gasteiger partial charge in [-0.05, 0) is 39.9 Å². The largest absolute Gasteiger partial charge is 0.382 e. The smallest absolute Gasteiger partial charge is 0.261 e. The maximum Gasteiger partial charge on any atom is 0.261 e. The number of carbonyl (C=O) groups excluding carboxylic acids is 1. The third kappa shape index (κ3) is 4.40. The van der Waals surface area contributed by atoms with Crippen LogP contribution in [-0.2, 0) is 11.3 Å². The molecule has 0 aliphatic heterocycles. The summed E-state index contributed by atoms with van der Waals surface area (Å²) in [6.07, 6.45) is 0.759. The minimum atomic E-state index is -0.194. The van der Waals surface area contributed by atoms with Gasteiger partial charge >= 0.3 is 0 Å². The molecule has 2 aromatic rings. The van der Waals surface area contributed by atoms with Gasteiger partial charge in [0, 0.05) is 19.8 Å². The minimum Gasteiger partial charge on any atom is -0.382 e. The van der Waals surface area contributed by atoms with Crippen molar-refractivity contribution in [3.63, 3.8) is 0 Å². The lowest BCUT2D eigenvalue weighted by Gasteiger charge is -2.07. The Labute approximate surface area is 145 Å². The third-order valence-electron chi connectivity index (χ3n) is 3.48. The summed E-state index contributed by atoms with van der Waals surface area (Å²) in [5, 5.41) is 3.37. The molecule has 0 radical (unpaired) electrons. The molecule has 0 aromatic carbocycles. The van der Waals surface area contributed by atoms with Crippen molar-refractivity contribution in [2.75, 3.05) is 33.9 Å². The number of amides is 1. The summed E-state index contributed by atoms with van der Waals surface area (Å²) in [5.74, 6) is 0.433. The molecule has 0 bridgehead atoms. The normalized spacial score (nSPS) is 11.4. The number of rotatable bonds is 8. The van der Waals surface area contributed by atoms with Gasteiger partial charge in [-0.2, -0.15) is 0 Å². The van der Waals surface area contributed by atoms with Crippen LogP contribution in [0.5, 0.6) is 0 Å². The van der Waals surface area contributed by atoms with Crippen LogP contribution in [0.3, 0.4) is 0 Å². The fraction of sp³-hybridized carbons (Fsp3) is 0.562. The standard InChI is InChI=1S/C16H24N4O3S/c1-5-23-8-6-7-17-15(22)13-10(2)12-14(21)18-11(9-20(3)4)19-16(12)24-13/h5-9H2,1-4H3,(H,17,22)(H,18,19,21). The van der Waals surface area contributed by atoms with Gasteiger partial charge in [0.05, 0.1) is 16.8 Å². The van der Waals surface area contributed by atoms with E-state index in [1.807, 2.05) is 25.9 Å². The Bertz CT molecular complexity index is 767. The maximum atomic E-state index is 12.4. The van der Waals surface area contributed by atoms with Crippen LogP contribution in [0.1, 0.15) is 34.4 Å². The van der Waals surface area contributed by atoms with E-state index in [4.69, 9.17) is 4.74 Å². The molecular formula is C16H24N4O3S. The first-order valence-corrected chi connectivity index (χ1v) is 8.78. The van der Waals surface area contributed by atoms with E-state index in [1.54, 1.807) is 6.92 Å². The van der Waals surface area contributed by atoms with Crippen molar-refractivity contribution in [1.82, 2.24) is 20.2 Å². The Hall–Kier alpha value is -1.77. The molecule has 1 amide bonds. The van der Waals surface area contributed by atoms with Crippen LogP contribution in [0.4, 0.5) is 0 Å². The first-order valence-electron chi connectivity index (χ1n) is 7.97. The molecule has 0 saturated heterocycles. The third-order valence-corrected chi connectivity index (χ3v) is 4.66. The first kappa shape index (κ1) is 18.6. The summed E-state index contributed by atoms with van der Waals surface area (Å²) in [5.41, 5.74) is 0.489. The zero-order chi connectivity index (χ0) is 17.7. The van der Waals surface area contributed by atoms with E-state index >= 15 is 0 Å². The topological polar surface area (TPSA) is 87.3 Å². The molecule has 24 heavy (non-hydrogen) atoms. The number of nitrogens with zero attached hydrogens (tertiary/aromatic N) is 2. The number of hydrogen-bond acceptors (Lipinski definition) is 6. The average Bonchev–Trinajstić information content (AvgIpc) is 2.83. The van der Waals surface area contributed by atoms with Crippen LogP contribution in [0.15, 0.2) is 4.79 Å². The molecule has 132 valence electrons. The summed E-state index contributed by atoms with van der Waals surface area (Å²) in [6, 6.07) is 0. The number of thiophene rings is 1. The van der Waals surface area contributed by atoms with Crippen molar-refractivity contribution in [2.24, 2.45) is 0 Å². The number of aromatic nitrogens is 2. The monoisotopic (exact) mass is 352 g/mol. The van der Waals surface area contributed by atoms with Crippen molar-refractivity contribution in [2.45, 2.75) is 26.8 Å². The molecule has 2 N–H and O–H groups in total. The lowest BCUT2D eigenvalue weighted by Crippen LogP contribution is -2.25. The van der Waals surface area contributed by atoms with Crippen LogP contribution in [-0.4, -0.2) is 54.6 Å². The number of fused-ring (bicyclic) bond motifs is 1. The number of aromatic amines is 1. The highest BCUT2D eigenvalue weighted by atomic mass is 32.1. The fourth-order valence-electron chi connectivity index (χ4n) is 2.38. The molecular weight excluding hydrogens is 328 g/mol. The fourth-order valence-corrected chi connectivity index (χ4v) is 3.50. The molecule has 7 nitrogen and oxygen atoms in total. The van der Waals surface area contributed by atoms with E-state index in [0.717, 1.165) is 6.42 Å². The van der Waals surface area contributed by atoms with Crippen LogP contribution >= 0.6 is 11.3 Å². The molecule has 2 aromatic heterocycles. The predicted octanol–water partition coefficient (Wildman–Crippen LogP) is 1.51. The van der Waals surface area contributed by atoms with Crippen molar-refractivity contribution in [3.8, 4) is 0 Å². The van der Waals surface area contributed by atoms with Gasteiger partial charge in [-0.15, -0.1) is 11.3 Å². The summed E-state index contributed by atoms with van der Waals surface area (Å²) in [4.78, 5) is 35.0. The van der Waals surface area contributed by atoms with Crippen molar-refractivity contribution in [3.05, 3.63) is 26.6 Å². The SMILES string of the molecule is CCOCCCNC(=O)c1sc2nc(CN(C)C)[nH]c(=O)c2c1C. The van der Waals surface area contributed by atoms with Crippen LogP contribution in [0.25, 0.3) is 10.2 Å². The van der Waals surface area contributed by atoms with Gasteiger partial charge < -0.3 is 19.9 Å². The highest BCUT2D eigenvalue weighted by molar-refractivity contribution is 7.20. The van der Waals surface area contributed by atoms with Crippen LogP contribution in [0, 0.1) is 6.92 Å². The number of H-pyrrole nitrogens is 1. The van der Waals surface area contributed by atoms with E-state index in [2.05, 4.69) is 15.3 Å². The summed E-state index contributed by atoms with van der Waals surface area (Å²) in [6.45, 7) is 6.11. The molecule has 0 aliphatic rings. The van der Waals surface area contributed by atoms with Crippen molar-refractivity contribution in [1.29, 1.82) is 0 Å². The highest BCUT2D eigenvalue weighted by Gasteiger charge is 2.19. The molecule has 0 atom stereocenters. The number of nitrogens with one attached hydrogen (secondary N) is 2. The Morgan fingerprint density at radius 2 is 2.17 bits per heavy atom. The maximum absolute atomic E-state index is 12.4. The average molecular weight is 352 g/mol. The molecule has 0 aliphatic carbocycles. The van der Waals surface area contributed by atoms with Gasteiger partial charge in [-0.25, -0.2) is 4.98 Å². The Morgan fingerprint density at radius 3 is 2.83 bits per heavy atom. The number of carbonyl (C=O) groups is 1. The van der Waals surface area contributed by atoms with Crippen LogP contribution < -0.4 is 10.9 Å². The molecule has 2 rings (SSSR count). The minimum absolute atomic E-state index is 0.166. The lowest BCUT2D eigenvalue weighted by molar-refractivity contribution is 0.0948. The molecule has 8 heteroatoms. The van der Waals surface area contributed by atoms with E-state index in [-0.39, 0.29) is 11.5 Å². The van der Waals surface area contributed by atoms with Gasteiger partial charge in [0.2, 0.25) is 0 Å². The zero-order valence-corrected chi connectivity index (χ0v) is 15.4. The predicted molar refractivity (Wildman–Crippen MR) is 95.8 cm³/mol. The second-order valence-corrected chi connectivity index (χ2v) is 6.79. The zero-order valence-electron chi connectivity index (χ0n) is 14.6. The molecule has 0 spiro atoms. The van der Waals surface area contributed by atoms with E-state index in [0.29, 0.717) is 52.8 Å². The van der Waals surface area contributed by atoms with Crippen molar-refractivity contribution >= 4 is 27.5 Å². The van der Waals surface area contributed by atoms with E-state index in [9.17, 15) is 9.59 Å². The van der Waals surface area contributed by atoms with Gasteiger partial charge in [0.15, 0.2) is 0 Å².